The Balaban J connectivity index is 1.81. The third kappa shape index (κ3) is 2.00. The van der Waals surface area contributed by atoms with Crippen LogP contribution in [0.15, 0.2) is 24.3 Å². The highest BCUT2D eigenvalue weighted by Crippen LogP contribution is 2.25. The number of piperidine rings is 1. The fourth-order valence-corrected chi connectivity index (χ4v) is 2.62. The second-order valence-corrected chi connectivity index (χ2v) is 4.72. The van der Waals surface area contributed by atoms with Crippen molar-refractivity contribution in [2.45, 2.75) is 25.4 Å². The molecule has 2 heterocycles. The van der Waals surface area contributed by atoms with Crippen LogP contribution in [-0.2, 0) is 6.54 Å². The Bertz CT molecular complexity index is 426. The molecule has 4 heteroatoms. The molecule has 0 radical (unpaired) electrons. The Morgan fingerprint density at radius 1 is 1.29 bits per heavy atom. The zero-order chi connectivity index (χ0) is 11.7. The molecule has 1 fully saturated rings. The average Bonchev–Trinajstić information content (AvgIpc) is 2.39. The van der Waals surface area contributed by atoms with E-state index in [1.54, 1.807) is 0 Å². The summed E-state index contributed by atoms with van der Waals surface area (Å²) in [6.45, 7) is 2.71. The maximum Gasteiger partial charge on any atom is 0.322 e. The number of anilines is 1. The van der Waals surface area contributed by atoms with E-state index in [-0.39, 0.29) is 6.03 Å². The number of para-hydroxylation sites is 1. The number of rotatable bonds is 1. The molecule has 0 spiro atoms. The topological polar surface area (TPSA) is 44.4 Å². The molecule has 1 aromatic rings. The van der Waals surface area contributed by atoms with E-state index in [0.29, 0.717) is 6.04 Å². The van der Waals surface area contributed by atoms with Gasteiger partial charge in [0.1, 0.15) is 0 Å². The van der Waals surface area contributed by atoms with Gasteiger partial charge in [-0.15, -0.1) is 0 Å². The number of nitrogens with zero attached hydrogens (tertiary/aromatic N) is 1. The Labute approximate surface area is 101 Å². The number of carbonyl (C=O) groups is 1. The van der Waals surface area contributed by atoms with Crippen LogP contribution in [0.25, 0.3) is 0 Å². The first kappa shape index (κ1) is 10.6. The van der Waals surface area contributed by atoms with Crippen molar-refractivity contribution in [3.63, 3.8) is 0 Å². The van der Waals surface area contributed by atoms with Gasteiger partial charge in [0, 0.05) is 24.8 Å². The van der Waals surface area contributed by atoms with E-state index in [0.717, 1.165) is 38.2 Å². The summed E-state index contributed by atoms with van der Waals surface area (Å²) >= 11 is 0. The van der Waals surface area contributed by atoms with Crippen molar-refractivity contribution in [1.82, 2.24) is 10.2 Å². The Kier molecular flexibility index (Phi) is 2.73. The number of urea groups is 1. The third-order valence-electron chi connectivity index (χ3n) is 3.57. The van der Waals surface area contributed by atoms with Gasteiger partial charge in [0.15, 0.2) is 0 Å². The zero-order valence-corrected chi connectivity index (χ0v) is 9.78. The molecule has 1 saturated heterocycles. The van der Waals surface area contributed by atoms with Crippen molar-refractivity contribution in [3.8, 4) is 0 Å². The van der Waals surface area contributed by atoms with Gasteiger partial charge in [-0.25, -0.2) is 4.79 Å². The summed E-state index contributed by atoms with van der Waals surface area (Å²) in [7, 11) is 0. The molecule has 1 atom stereocenters. The van der Waals surface area contributed by atoms with Crippen LogP contribution in [0, 0.1) is 0 Å². The van der Waals surface area contributed by atoms with E-state index in [4.69, 9.17) is 0 Å². The maximum absolute atomic E-state index is 12.0. The van der Waals surface area contributed by atoms with Crippen LogP contribution in [0.5, 0.6) is 0 Å². The molecule has 4 nitrogen and oxygen atoms in total. The molecule has 3 rings (SSSR count). The number of hydrogen-bond donors (Lipinski definition) is 2. The number of nitrogens with one attached hydrogen (secondary N) is 2. The molecule has 1 aromatic carbocycles. The summed E-state index contributed by atoms with van der Waals surface area (Å²) < 4.78 is 0. The van der Waals surface area contributed by atoms with Gasteiger partial charge in [-0.3, -0.25) is 0 Å². The van der Waals surface area contributed by atoms with Crippen molar-refractivity contribution >= 4 is 11.7 Å². The number of benzene rings is 1. The van der Waals surface area contributed by atoms with Gasteiger partial charge in [0.2, 0.25) is 0 Å². The van der Waals surface area contributed by atoms with E-state index in [9.17, 15) is 4.79 Å². The van der Waals surface area contributed by atoms with E-state index in [1.807, 2.05) is 23.1 Å². The van der Waals surface area contributed by atoms with Crippen molar-refractivity contribution in [3.05, 3.63) is 29.8 Å². The van der Waals surface area contributed by atoms with Gasteiger partial charge in [-0.1, -0.05) is 18.2 Å². The summed E-state index contributed by atoms with van der Waals surface area (Å²) in [5.74, 6) is 0. The maximum atomic E-state index is 12.0. The predicted octanol–water partition coefficient (Wildman–Crippen LogP) is 1.79. The smallest absolute Gasteiger partial charge is 0.316 e. The second kappa shape index (κ2) is 4.37. The lowest BCUT2D eigenvalue weighted by molar-refractivity contribution is 0.166. The summed E-state index contributed by atoms with van der Waals surface area (Å²) in [5, 5.41) is 6.32. The number of fused-ring (bicyclic) bond motifs is 1. The molecule has 2 amide bonds. The van der Waals surface area contributed by atoms with E-state index in [1.165, 1.54) is 5.56 Å². The molecule has 0 saturated carbocycles. The van der Waals surface area contributed by atoms with Crippen LogP contribution < -0.4 is 10.6 Å². The Morgan fingerprint density at radius 2 is 2.18 bits per heavy atom. The lowest BCUT2D eigenvalue weighted by Crippen LogP contribution is -2.51. The highest BCUT2D eigenvalue weighted by atomic mass is 16.2. The highest BCUT2D eigenvalue weighted by molar-refractivity contribution is 5.92. The number of hydrogen-bond acceptors (Lipinski definition) is 2. The van der Waals surface area contributed by atoms with Crippen molar-refractivity contribution in [2.75, 3.05) is 18.4 Å². The molecule has 17 heavy (non-hydrogen) atoms. The van der Waals surface area contributed by atoms with Gasteiger partial charge in [-0.05, 0) is 31.0 Å². The van der Waals surface area contributed by atoms with Crippen LogP contribution in [0.3, 0.4) is 0 Å². The first-order valence-corrected chi connectivity index (χ1v) is 6.21. The molecule has 0 aliphatic carbocycles. The average molecular weight is 231 g/mol. The van der Waals surface area contributed by atoms with Crippen LogP contribution in [0.1, 0.15) is 18.4 Å². The molecule has 90 valence electrons. The van der Waals surface area contributed by atoms with Gasteiger partial charge in [0.25, 0.3) is 0 Å². The number of carbonyl (C=O) groups excluding carboxylic acids is 1. The molecular formula is C13H17N3O. The van der Waals surface area contributed by atoms with E-state index in [2.05, 4.69) is 16.7 Å². The monoisotopic (exact) mass is 231 g/mol. The van der Waals surface area contributed by atoms with Crippen molar-refractivity contribution < 1.29 is 4.79 Å². The van der Waals surface area contributed by atoms with Gasteiger partial charge < -0.3 is 15.5 Å². The molecule has 0 bridgehead atoms. The van der Waals surface area contributed by atoms with Crippen LogP contribution >= 0.6 is 0 Å². The quantitative estimate of drug-likeness (QED) is 0.774. The molecule has 2 aliphatic rings. The SMILES string of the molecule is O=C1Nc2ccccc2CN1[C@H]1CCCNC1. The summed E-state index contributed by atoms with van der Waals surface area (Å²) in [4.78, 5) is 14.0. The van der Waals surface area contributed by atoms with Crippen molar-refractivity contribution in [1.29, 1.82) is 0 Å². The minimum atomic E-state index is 0.0393. The van der Waals surface area contributed by atoms with E-state index < -0.39 is 0 Å². The molecule has 0 aromatic heterocycles. The summed E-state index contributed by atoms with van der Waals surface area (Å²) in [6, 6.07) is 8.39. The molecule has 0 unspecified atom stereocenters. The van der Waals surface area contributed by atoms with Gasteiger partial charge in [0.05, 0.1) is 0 Å². The zero-order valence-electron chi connectivity index (χ0n) is 9.78. The highest BCUT2D eigenvalue weighted by Gasteiger charge is 2.29. The summed E-state index contributed by atoms with van der Waals surface area (Å²) in [6.07, 6.45) is 2.25. The van der Waals surface area contributed by atoms with Gasteiger partial charge in [-0.2, -0.15) is 0 Å². The fourth-order valence-electron chi connectivity index (χ4n) is 2.62. The standard InChI is InChI=1S/C13H17N3O/c17-13-15-12-6-2-1-4-10(12)9-16(13)11-5-3-7-14-8-11/h1-2,4,6,11,14H,3,5,7-9H2,(H,15,17)/t11-/m0/s1. The van der Waals surface area contributed by atoms with Crippen LogP contribution in [0.4, 0.5) is 10.5 Å². The summed E-state index contributed by atoms with van der Waals surface area (Å²) in [5.41, 5.74) is 2.16. The lowest BCUT2D eigenvalue weighted by Gasteiger charge is -2.37. The number of amides is 2. The van der Waals surface area contributed by atoms with Crippen LogP contribution in [0.2, 0.25) is 0 Å². The molecular weight excluding hydrogens is 214 g/mol. The second-order valence-electron chi connectivity index (χ2n) is 4.72. The third-order valence-corrected chi connectivity index (χ3v) is 3.57. The van der Waals surface area contributed by atoms with Crippen LogP contribution in [-0.4, -0.2) is 30.1 Å². The van der Waals surface area contributed by atoms with Gasteiger partial charge >= 0.3 is 6.03 Å². The largest absolute Gasteiger partial charge is 0.322 e. The fraction of sp³-hybridized carbons (Fsp3) is 0.462. The normalized spacial score (nSPS) is 24.1. The first-order chi connectivity index (χ1) is 8.34. The molecule has 2 N–H and O–H groups in total. The molecule has 2 aliphatic heterocycles. The Morgan fingerprint density at radius 3 is 3.00 bits per heavy atom. The van der Waals surface area contributed by atoms with Crippen molar-refractivity contribution in [2.24, 2.45) is 0 Å². The minimum Gasteiger partial charge on any atom is -0.316 e. The first-order valence-electron chi connectivity index (χ1n) is 6.21. The Hall–Kier alpha value is -1.55. The van der Waals surface area contributed by atoms with E-state index >= 15 is 0 Å². The minimum absolute atomic E-state index is 0.0393. The lowest BCUT2D eigenvalue weighted by atomic mass is 10.0. The predicted molar refractivity (Wildman–Crippen MR) is 66.9 cm³/mol.